The van der Waals surface area contributed by atoms with Crippen molar-refractivity contribution in [1.29, 1.82) is 0 Å². The van der Waals surface area contributed by atoms with Crippen molar-refractivity contribution in [2.75, 3.05) is 13.3 Å². The summed E-state index contributed by atoms with van der Waals surface area (Å²) in [6.07, 6.45) is -1.41. The molecule has 2 aliphatic rings. The van der Waals surface area contributed by atoms with Crippen LogP contribution in [-0.4, -0.2) is 67.2 Å². The summed E-state index contributed by atoms with van der Waals surface area (Å²) in [5, 5.41) is 12.6. The summed E-state index contributed by atoms with van der Waals surface area (Å²) in [7, 11) is -16.4. The maximum atomic E-state index is 11.7. The molecule has 0 aromatic carbocycles. The summed E-state index contributed by atoms with van der Waals surface area (Å²) < 4.78 is 50.6. The number of amides is 1. The zero-order chi connectivity index (χ0) is 21.3. The van der Waals surface area contributed by atoms with Gasteiger partial charge in [0.2, 0.25) is 5.91 Å². The predicted octanol–water partition coefficient (Wildman–Crippen LogP) is -0.901. The highest BCUT2D eigenvalue weighted by Gasteiger charge is 2.43. The number of carbonyl (C=O) groups is 1. The van der Waals surface area contributed by atoms with Gasteiger partial charge < -0.3 is 39.6 Å². The maximum absolute atomic E-state index is 11.7. The molecule has 0 aromatic rings. The Balaban J connectivity index is 1.91. The van der Waals surface area contributed by atoms with Crippen LogP contribution in [0.3, 0.4) is 0 Å². The number of nitrogens with zero attached hydrogens (tertiary/aromatic N) is 1. The number of hydrogen-bond acceptors (Lipinski definition) is 10. The van der Waals surface area contributed by atoms with Crippen LogP contribution < -0.4 is 5.32 Å². The van der Waals surface area contributed by atoms with Crippen molar-refractivity contribution in [3.63, 3.8) is 0 Å². The van der Waals surface area contributed by atoms with Gasteiger partial charge in [-0.05, 0) is 6.92 Å². The van der Waals surface area contributed by atoms with Gasteiger partial charge in [0.05, 0.1) is 19.4 Å². The topological polar surface area (TPSA) is 222 Å². The normalized spacial score (nSPS) is 30.4. The molecule has 0 bridgehead atoms. The second-order valence-electron chi connectivity index (χ2n) is 5.81. The molecule has 1 fully saturated rings. The maximum Gasteiger partial charge on any atom is 0.490 e. The SMILES string of the molecule is CC1=CN([C@H]2CC(O)[C@@H](COP(=O)(O)OP(=O)(O)OP(=O)(O)O)O2)CNC1=O. The van der Waals surface area contributed by atoms with E-state index in [-0.39, 0.29) is 19.0 Å². The number of rotatable bonds is 8. The van der Waals surface area contributed by atoms with E-state index in [0.717, 1.165) is 0 Å². The molecule has 0 aliphatic carbocycles. The smallest absolute Gasteiger partial charge is 0.390 e. The van der Waals surface area contributed by atoms with Crippen molar-refractivity contribution in [2.24, 2.45) is 0 Å². The van der Waals surface area contributed by atoms with Gasteiger partial charge in [-0.3, -0.25) is 9.32 Å². The molecule has 2 rings (SSSR count). The van der Waals surface area contributed by atoms with Crippen LogP contribution in [0, 0.1) is 0 Å². The molecule has 2 aliphatic heterocycles. The zero-order valence-electron chi connectivity index (χ0n) is 14.2. The average molecular weight is 468 g/mol. The zero-order valence-corrected chi connectivity index (χ0v) is 16.9. The van der Waals surface area contributed by atoms with E-state index in [1.165, 1.54) is 6.20 Å². The fourth-order valence-corrected chi connectivity index (χ4v) is 5.41. The van der Waals surface area contributed by atoms with E-state index in [9.17, 15) is 28.5 Å². The lowest BCUT2D eigenvalue weighted by molar-refractivity contribution is -0.121. The number of hydrogen-bond donors (Lipinski definition) is 6. The van der Waals surface area contributed by atoms with Crippen molar-refractivity contribution in [2.45, 2.75) is 31.8 Å². The molecule has 0 radical (unpaired) electrons. The van der Waals surface area contributed by atoms with Crippen LogP contribution in [-0.2, 0) is 36.4 Å². The Morgan fingerprint density at radius 1 is 1.21 bits per heavy atom. The van der Waals surface area contributed by atoms with Gasteiger partial charge in [0, 0.05) is 18.2 Å². The molecule has 1 amide bonds. The largest absolute Gasteiger partial charge is 0.490 e. The van der Waals surface area contributed by atoms with E-state index in [4.69, 9.17) is 19.4 Å². The highest BCUT2D eigenvalue weighted by molar-refractivity contribution is 7.66. The highest BCUT2D eigenvalue weighted by Crippen LogP contribution is 2.66. The van der Waals surface area contributed by atoms with Gasteiger partial charge in [0.15, 0.2) is 0 Å². The van der Waals surface area contributed by atoms with E-state index in [2.05, 4.69) is 18.5 Å². The first kappa shape index (κ1) is 23.6. The molecule has 2 heterocycles. The number of ether oxygens (including phenoxy) is 1. The third-order valence-electron chi connectivity index (χ3n) is 3.53. The summed E-state index contributed by atoms with van der Waals surface area (Å²) in [6, 6.07) is 0. The fourth-order valence-electron chi connectivity index (χ4n) is 2.38. The van der Waals surface area contributed by atoms with Crippen LogP contribution in [0.4, 0.5) is 0 Å². The number of aliphatic hydroxyl groups is 1. The Hall–Kier alpha value is -0.660. The van der Waals surface area contributed by atoms with Gasteiger partial charge in [-0.25, -0.2) is 13.7 Å². The third kappa shape index (κ3) is 6.99. The standard InChI is InChI=1S/C10H19N2O13P3/c1-6-3-12(5-11-10(6)14)9-2-7(13)8(23-9)4-22-27(18,19)25-28(20,21)24-26(15,16)17/h3,7-9,13H,2,4-5H2,1H3,(H,11,14)(H,18,19)(H,20,21)(H2,15,16,17)/t7?,8-,9-/m1/s1. The van der Waals surface area contributed by atoms with E-state index in [1.807, 2.05) is 0 Å². The van der Waals surface area contributed by atoms with Crippen LogP contribution in [0.1, 0.15) is 13.3 Å². The second kappa shape index (κ2) is 8.60. The molecule has 15 nitrogen and oxygen atoms in total. The Labute approximate surface area is 158 Å². The van der Waals surface area contributed by atoms with Crippen molar-refractivity contribution in [3.8, 4) is 0 Å². The van der Waals surface area contributed by atoms with Crippen LogP contribution in [0.25, 0.3) is 0 Å². The molecule has 18 heteroatoms. The van der Waals surface area contributed by atoms with Crippen LogP contribution >= 0.6 is 23.5 Å². The van der Waals surface area contributed by atoms with Gasteiger partial charge in [0.25, 0.3) is 0 Å². The molecule has 1 saturated heterocycles. The molecule has 0 aromatic heterocycles. The first-order chi connectivity index (χ1) is 12.7. The molecule has 5 atom stereocenters. The number of aliphatic hydroxyl groups excluding tert-OH is 1. The van der Waals surface area contributed by atoms with E-state index < -0.39 is 48.5 Å². The van der Waals surface area contributed by atoms with E-state index >= 15 is 0 Å². The Morgan fingerprint density at radius 3 is 2.43 bits per heavy atom. The van der Waals surface area contributed by atoms with Crippen molar-refractivity contribution in [3.05, 3.63) is 11.8 Å². The molecule has 0 spiro atoms. The van der Waals surface area contributed by atoms with E-state index in [1.54, 1.807) is 11.8 Å². The fraction of sp³-hybridized carbons (Fsp3) is 0.700. The molecule has 3 unspecified atom stereocenters. The van der Waals surface area contributed by atoms with Crippen molar-refractivity contribution >= 4 is 29.4 Å². The lowest BCUT2D eigenvalue weighted by Gasteiger charge is -2.31. The first-order valence-corrected chi connectivity index (χ1v) is 12.0. The number of phosphoric acid groups is 3. The minimum absolute atomic E-state index is 0.0596. The molecular formula is C10H19N2O13P3. The summed E-state index contributed by atoms with van der Waals surface area (Å²) >= 11 is 0. The number of nitrogens with one attached hydrogen (secondary N) is 1. The minimum Gasteiger partial charge on any atom is -0.390 e. The highest BCUT2D eigenvalue weighted by atomic mass is 31.3. The van der Waals surface area contributed by atoms with Gasteiger partial charge in [0.1, 0.15) is 12.3 Å². The van der Waals surface area contributed by atoms with Crippen LogP contribution in [0.2, 0.25) is 0 Å². The predicted molar refractivity (Wildman–Crippen MR) is 87.7 cm³/mol. The quantitative estimate of drug-likeness (QED) is 0.238. The minimum atomic E-state index is -5.62. The van der Waals surface area contributed by atoms with E-state index in [0.29, 0.717) is 5.57 Å². The average Bonchev–Trinajstić information content (AvgIpc) is 2.85. The van der Waals surface area contributed by atoms with Crippen molar-refractivity contribution in [1.82, 2.24) is 10.2 Å². The van der Waals surface area contributed by atoms with Crippen molar-refractivity contribution < 1.29 is 61.1 Å². The van der Waals surface area contributed by atoms with Gasteiger partial charge in [-0.1, -0.05) is 0 Å². The third-order valence-corrected chi connectivity index (χ3v) is 7.33. The summed E-state index contributed by atoms with van der Waals surface area (Å²) in [6.45, 7) is 0.917. The molecular weight excluding hydrogens is 449 g/mol. The number of carbonyl (C=O) groups excluding carboxylic acids is 1. The lowest BCUT2D eigenvalue weighted by atomic mass is 10.2. The Morgan fingerprint density at radius 2 is 1.86 bits per heavy atom. The number of phosphoric ester groups is 1. The van der Waals surface area contributed by atoms with Gasteiger partial charge >= 0.3 is 23.5 Å². The van der Waals surface area contributed by atoms with Crippen LogP contribution in [0.5, 0.6) is 0 Å². The summed E-state index contributed by atoms with van der Waals surface area (Å²) in [5.74, 6) is -0.265. The molecule has 6 N–H and O–H groups in total. The Kier molecular flexibility index (Phi) is 7.26. The monoisotopic (exact) mass is 468 g/mol. The molecule has 0 saturated carbocycles. The second-order valence-corrected chi connectivity index (χ2v) is 10.2. The Bertz CT molecular complexity index is 781. The lowest BCUT2D eigenvalue weighted by Crippen LogP contribution is -2.45. The first-order valence-electron chi connectivity index (χ1n) is 7.52. The van der Waals surface area contributed by atoms with Gasteiger partial charge in [-0.15, -0.1) is 0 Å². The molecule has 162 valence electrons. The summed E-state index contributed by atoms with van der Waals surface area (Å²) in [5.41, 5.74) is 0.404. The van der Waals surface area contributed by atoms with Crippen LogP contribution in [0.15, 0.2) is 11.8 Å². The van der Waals surface area contributed by atoms with Gasteiger partial charge in [-0.2, -0.15) is 8.62 Å². The molecule has 28 heavy (non-hydrogen) atoms. The summed E-state index contributed by atoms with van der Waals surface area (Å²) in [4.78, 5) is 48.4.